The van der Waals surface area contributed by atoms with Gasteiger partial charge in [0.1, 0.15) is 5.75 Å². The van der Waals surface area contributed by atoms with E-state index in [4.69, 9.17) is 27.9 Å². The molecule has 0 spiro atoms. The first-order valence-electron chi connectivity index (χ1n) is 6.52. The maximum atomic E-state index is 12.1. The van der Waals surface area contributed by atoms with Crippen molar-refractivity contribution in [3.8, 4) is 5.75 Å². The number of halogens is 2. The number of benzene rings is 1. The van der Waals surface area contributed by atoms with Gasteiger partial charge >= 0.3 is 0 Å². The van der Waals surface area contributed by atoms with Gasteiger partial charge in [0.15, 0.2) is 9.84 Å². The Morgan fingerprint density at radius 1 is 1.29 bits per heavy atom. The third-order valence-corrected chi connectivity index (χ3v) is 6.41. The van der Waals surface area contributed by atoms with Crippen LogP contribution in [0.3, 0.4) is 0 Å². The molecular formula is C14H21Cl2NO3S. The van der Waals surface area contributed by atoms with Crippen molar-refractivity contribution in [2.24, 2.45) is 0 Å². The van der Waals surface area contributed by atoms with Gasteiger partial charge in [-0.3, -0.25) is 0 Å². The standard InChI is InChI=1S/C14H21Cl2NO3S/c1-6-17-13(14(2,3)21(5,18)19)9-7-11(16)12(20-4)8-10(9)15/h7-8,13,17H,6H2,1-5H3. The molecule has 0 saturated heterocycles. The number of rotatable bonds is 6. The van der Waals surface area contributed by atoms with Crippen molar-refractivity contribution in [1.82, 2.24) is 5.32 Å². The van der Waals surface area contributed by atoms with E-state index in [9.17, 15) is 8.42 Å². The second-order valence-electron chi connectivity index (χ2n) is 5.37. The summed E-state index contributed by atoms with van der Waals surface area (Å²) in [5.41, 5.74) is 0.639. The van der Waals surface area contributed by atoms with Crippen LogP contribution in [0.5, 0.6) is 5.75 Å². The van der Waals surface area contributed by atoms with Gasteiger partial charge in [0, 0.05) is 17.3 Å². The zero-order valence-electron chi connectivity index (χ0n) is 12.8. The number of hydrogen-bond donors (Lipinski definition) is 1. The van der Waals surface area contributed by atoms with Gasteiger partial charge in [0.05, 0.1) is 22.9 Å². The molecule has 0 bridgehead atoms. The fraction of sp³-hybridized carbons (Fsp3) is 0.571. The van der Waals surface area contributed by atoms with Gasteiger partial charge in [-0.2, -0.15) is 0 Å². The third-order valence-electron chi connectivity index (χ3n) is 3.64. The van der Waals surface area contributed by atoms with Crippen LogP contribution in [0, 0.1) is 0 Å². The predicted octanol–water partition coefficient (Wildman–Crippen LogP) is 3.48. The smallest absolute Gasteiger partial charge is 0.154 e. The van der Waals surface area contributed by atoms with Crippen LogP contribution in [-0.2, 0) is 9.84 Å². The lowest BCUT2D eigenvalue weighted by molar-refractivity contribution is 0.411. The molecular weight excluding hydrogens is 333 g/mol. The second kappa shape index (κ2) is 6.73. The van der Waals surface area contributed by atoms with Gasteiger partial charge in [0.2, 0.25) is 0 Å². The van der Waals surface area contributed by atoms with Crippen LogP contribution in [-0.4, -0.2) is 33.1 Å². The Kier molecular flexibility index (Phi) is 5.95. The van der Waals surface area contributed by atoms with Gasteiger partial charge in [-0.15, -0.1) is 0 Å². The average Bonchev–Trinajstić information content (AvgIpc) is 2.37. The summed E-state index contributed by atoms with van der Waals surface area (Å²) in [7, 11) is -1.81. The molecule has 4 nitrogen and oxygen atoms in total. The summed E-state index contributed by atoms with van der Waals surface area (Å²) < 4.78 is 28.3. The number of nitrogens with one attached hydrogen (secondary N) is 1. The first kappa shape index (κ1) is 18.6. The van der Waals surface area contributed by atoms with Crippen LogP contribution in [0.25, 0.3) is 0 Å². The highest BCUT2D eigenvalue weighted by Crippen LogP contribution is 2.40. The summed E-state index contributed by atoms with van der Waals surface area (Å²) in [5.74, 6) is 0.456. The van der Waals surface area contributed by atoms with Crippen LogP contribution in [0.15, 0.2) is 12.1 Å². The van der Waals surface area contributed by atoms with E-state index in [0.717, 1.165) is 0 Å². The number of methoxy groups -OCH3 is 1. The molecule has 0 aliphatic carbocycles. The van der Waals surface area contributed by atoms with Crippen molar-refractivity contribution in [2.45, 2.75) is 31.6 Å². The Balaban J connectivity index is 3.47. The van der Waals surface area contributed by atoms with Crippen LogP contribution >= 0.6 is 23.2 Å². The Morgan fingerprint density at radius 2 is 1.86 bits per heavy atom. The molecule has 1 N–H and O–H groups in total. The van der Waals surface area contributed by atoms with E-state index < -0.39 is 20.6 Å². The minimum Gasteiger partial charge on any atom is -0.495 e. The highest BCUT2D eigenvalue weighted by atomic mass is 35.5. The van der Waals surface area contributed by atoms with Crippen LogP contribution in [0.2, 0.25) is 10.0 Å². The normalized spacial score (nSPS) is 14.0. The molecule has 0 aliphatic heterocycles. The maximum Gasteiger partial charge on any atom is 0.154 e. The van der Waals surface area contributed by atoms with Crippen molar-refractivity contribution < 1.29 is 13.2 Å². The lowest BCUT2D eigenvalue weighted by Gasteiger charge is -2.34. The van der Waals surface area contributed by atoms with E-state index in [1.165, 1.54) is 13.4 Å². The molecule has 0 heterocycles. The number of sulfone groups is 1. The Labute approximate surface area is 136 Å². The molecule has 0 saturated carbocycles. The SMILES string of the molecule is CCNC(c1cc(Cl)c(OC)cc1Cl)C(C)(C)S(C)(=O)=O. The zero-order chi connectivity index (χ0) is 16.4. The summed E-state index contributed by atoms with van der Waals surface area (Å²) >= 11 is 12.4. The van der Waals surface area contributed by atoms with E-state index in [1.54, 1.807) is 26.0 Å². The van der Waals surface area contributed by atoms with Crippen molar-refractivity contribution in [3.63, 3.8) is 0 Å². The molecule has 1 aromatic carbocycles. The summed E-state index contributed by atoms with van der Waals surface area (Å²) in [4.78, 5) is 0. The average molecular weight is 354 g/mol. The van der Waals surface area contributed by atoms with Gasteiger partial charge in [-0.25, -0.2) is 8.42 Å². The van der Waals surface area contributed by atoms with Crippen molar-refractivity contribution in [2.75, 3.05) is 19.9 Å². The maximum absolute atomic E-state index is 12.1. The van der Waals surface area contributed by atoms with E-state index in [1.807, 2.05) is 6.92 Å². The Bertz CT molecular complexity index is 615. The molecule has 7 heteroatoms. The van der Waals surface area contributed by atoms with Gasteiger partial charge in [-0.05, 0) is 32.0 Å². The molecule has 0 radical (unpaired) electrons. The molecule has 120 valence electrons. The highest BCUT2D eigenvalue weighted by molar-refractivity contribution is 7.92. The fourth-order valence-corrected chi connectivity index (χ4v) is 3.22. The molecule has 21 heavy (non-hydrogen) atoms. The number of hydrogen-bond acceptors (Lipinski definition) is 4. The molecule has 0 aliphatic rings. The first-order valence-corrected chi connectivity index (χ1v) is 9.16. The molecule has 1 aromatic rings. The molecule has 0 fully saturated rings. The van der Waals surface area contributed by atoms with Crippen molar-refractivity contribution >= 4 is 33.0 Å². The molecule has 1 rings (SSSR count). The van der Waals surface area contributed by atoms with Crippen molar-refractivity contribution in [1.29, 1.82) is 0 Å². The topological polar surface area (TPSA) is 55.4 Å². The first-order chi connectivity index (χ1) is 9.56. The summed E-state index contributed by atoms with van der Waals surface area (Å²) in [5, 5.41) is 4.00. The highest BCUT2D eigenvalue weighted by Gasteiger charge is 2.40. The van der Waals surface area contributed by atoms with E-state index in [2.05, 4.69) is 5.32 Å². The van der Waals surface area contributed by atoms with E-state index in [0.29, 0.717) is 27.9 Å². The van der Waals surface area contributed by atoms with Crippen LogP contribution < -0.4 is 10.1 Å². The van der Waals surface area contributed by atoms with Gasteiger partial charge in [0.25, 0.3) is 0 Å². The fourth-order valence-electron chi connectivity index (χ4n) is 2.07. The molecule has 0 amide bonds. The van der Waals surface area contributed by atoms with Crippen LogP contribution in [0.1, 0.15) is 32.4 Å². The third kappa shape index (κ3) is 3.83. The van der Waals surface area contributed by atoms with E-state index >= 15 is 0 Å². The minimum atomic E-state index is -3.31. The zero-order valence-corrected chi connectivity index (χ0v) is 15.2. The summed E-state index contributed by atoms with van der Waals surface area (Å²) in [6.45, 7) is 5.85. The van der Waals surface area contributed by atoms with Gasteiger partial charge < -0.3 is 10.1 Å². The Hall–Kier alpha value is -0.490. The monoisotopic (exact) mass is 353 g/mol. The summed E-state index contributed by atoms with van der Waals surface area (Å²) in [6, 6.07) is 2.78. The lowest BCUT2D eigenvalue weighted by atomic mass is 9.94. The molecule has 1 unspecified atom stereocenters. The van der Waals surface area contributed by atoms with Gasteiger partial charge in [-0.1, -0.05) is 30.1 Å². The predicted molar refractivity (Wildman–Crippen MR) is 88.4 cm³/mol. The van der Waals surface area contributed by atoms with Crippen molar-refractivity contribution in [3.05, 3.63) is 27.7 Å². The van der Waals surface area contributed by atoms with E-state index in [-0.39, 0.29) is 0 Å². The summed E-state index contributed by atoms with van der Waals surface area (Å²) in [6.07, 6.45) is 1.22. The quantitative estimate of drug-likeness (QED) is 0.850. The van der Waals surface area contributed by atoms with Crippen LogP contribution in [0.4, 0.5) is 0 Å². The second-order valence-corrected chi connectivity index (χ2v) is 8.79. The molecule has 1 atom stereocenters. The minimum absolute atomic E-state index is 0.393. The Morgan fingerprint density at radius 3 is 2.29 bits per heavy atom. The molecule has 0 aromatic heterocycles. The largest absolute Gasteiger partial charge is 0.495 e. The lowest BCUT2D eigenvalue weighted by Crippen LogP contribution is -2.45. The number of ether oxygens (including phenoxy) is 1.